The average molecular weight is 827 g/mol. The molecule has 0 radical (unpaired) electrons. The predicted molar refractivity (Wildman–Crippen MR) is 267 cm³/mol. The molecule has 12 aromatic rings. The van der Waals surface area contributed by atoms with E-state index in [9.17, 15) is 0 Å². The van der Waals surface area contributed by atoms with E-state index in [1.54, 1.807) is 0 Å². The summed E-state index contributed by atoms with van der Waals surface area (Å²) in [5.74, 6) is 1.40. The largest absolute Gasteiger partial charge is 0.228 e. The van der Waals surface area contributed by atoms with Crippen LogP contribution in [0.25, 0.3) is 99.8 Å². The summed E-state index contributed by atoms with van der Waals surface area (Å²) in [6, 6.07) is 82.3. The third kappa shape index (κ3) is 5.77. The highest BCUT2D eigenvalue weighted by atomic mass is 14.9. The highest BCUT2D eigenvalue weighted by Crippen LogP contribution is 2.57. The molecule has 10 aromatic carbocycles. The first-order valence-corrected chi connectivity index (χ1v) is 22.1. The Morgan fingerprint density at radius 2 is 0.723 bits per heavy atom. The maximum Gasteiger partial charge on any atom is 0.161 e. The molecule has 4 nitrogen and oxygen atoms in total. The lowest BCUT2D eigenvalue weighted by Gasteiger charge is -2.34. The molecule has 0 saturated carbocycles. The number of fused-ring (bicyclic) bond motifs is 7. The number of benzene rings is 10. The molecule has 65 heavy (non-hydrogen) atoms. The second kappa shape index (κ2) is 14.8. The molecule has 1 aliphatic rings. The van der Waals surface area contributed by atoms with Crippen molar-refractivity contribution in [1.29, 1.82) is 0 Å². The van der Waals surface area contributed by atoms with Crippen molar-refractivity contribution in [3.8, 4) is 56.4 Å². The minimum Gasteiger partial charge on any atom is -0.228 e. The van der Waals surface area contributed by atoms with Crippen molar-refractivity contribution in [2.75, 3.05) is 0 Å². The third-order valence-electron chi connectivity index (χ3n) is 13.4. The fraction of sp³-hybridized carbons (Fsp3) is 0.0164. The van der Waals surface area contributed by atoms with Crippen LogP contribution in [-0.4, -0.2) is 19.9 Å². The molecule has 2 aromatic heterocycles. The first-order valence-electron chi connectivity index (χ1n) is 22.1. The number of para-hydroxylation sites is 2. The summed E-state index contributed by atoms with van der Waals surface area (Å²) in [4.78, 5) is 21.4. The van der Waals surface area contributed by atoms with Gasteiger partial charge in [0.15, 0.2) is 11.6 Å². The van der Waals surface area contributed by atoms with Gasteiger partial charge in [-0.1, -0.05) is 206 Å². The normalized spacial score (nSPS) is 12.7. The molecule has 0 atom stereocenters. The van der Waals surface area contributed by atoms with Crippen LogP contribution in [-0.2, 0) is 5.41 Å². The van der Waals surface area contributed by atoms with E-state index >= 15 is 0 Å². The van der Waals surface area contributed by atoms with Gasteiger partial charge in [0.05, 0.1) is 27.8 Å². The molecule has 0 saturated heterocycles. The Hall–Kier alpha value is -8.60. The summed E-state index contributed by atoms with van der Waals surface area (Å²) in [7, 11) is 0. The number of rotatable bonds is 6. The monoisotopic (exact) mass is 826 g/mol. The molecule has 4 heteroatoms. The lowest BCUT2D eigenvalue weighted by atomic mass is 9.67. The minimum absolute atomic E-state index is 0.685. The SMILES string of the molecule is c1ccc(C2(c3ccccc3)c3cc(-c4nc(-c5cccc6ccccc56)c5ccccc5n4)ccc3-c3ccc(-c4nc(-c5cccc6ccccc56)nc5ccccc45)cc32)cc1. The topological polar surface area (TPSA) is 51.6 Å². The summed E-state index contributed by atoms with van der Waals surface area (Å²) < 4.78 is 0. The van der Waals surface area contributed by atoms with Gasteiger partial charge in [-0.15, -0.1) is 0 Å². The fourth-order valence-electron chi connectivity index (χ4n) is 10.5. The predicted octanol–water partition coefficient (Wildman–Crippen LogP) is 14.9. The van der Waals surface area contributed by atoms with Gasteiger partial charge < -0.3 is 0 Å². The Morgan fingerprint density at radius 3 is 1.35 bits per heavy atom. The van der Waals surface area contributed by atoms with Crippen LogP contribution in [0.3, 0.4) is 0 Å². The second-order valence-electron chi connectivity index (χ2n) is 16.9. The average Bonchev–Trinajstić information content (AvgIpc) is 3.68. The van der Waals surface area contributed by atoms with Gasteiger partial charge in [0.2, 0.25) is 0 Å². The molecule has 0 aliphatic heterocycles. The van der Waals surface area contributed by atoms with Crippen molar-refractivity contribution in [3.05, 3.63) is 253 Å². The third-order valence-corrected chi connectivity index (χ3v) is 13.4. The Bertz CT molecular complexity index is 3790. The highest BCUT2D eigenvalue weighted by molar-refractivity contribution is 6.04. The molecule has 0 unspecified atom stereocenters. The van der Waals surface area contributed by atoms with E-state index in [1.807, 2.05) is 0 Å². The molecule has 0 bridgehead atoms. The van der Waals surface area contributed by atoms with Crippen LogP contribution in [0.2, 0.25) is 0 Å². The second-order valence-corrected chi connectivity index (χ2v) is 16.9. The van der Waals surface area contributed by atoms with Gasteiger partial charge in [-0.3, -0.25) is 0 Å². The lowest BCUT2D eigenvalue weighted by Crippen LogP contribution is -2.28. The summed E-state index contributed by atoms with van der Waals surface area (Å²) in [5.41, 5.74) is 14.2. The van der Waals surface area contributed by atoms with Crippen molar-refractivity contribution in [3.63, 3.8) is 0 Å². The maximum absolute atomic E-state index is 5.47. The molecule has 2 heterocycles. The van der Waals surface area contributed by atoms with E-state index in [-0.39, 0.29) is 0 Å². The molecule has 1 aliphatic carbocycles. The van der Waals surface area contributed by atoms with Crippen molar-refractivity contribution < 1.29 is 0 Å². The lowest BCUT2D eigenvalue weighted by molar-refractivity contribution is 0.769. The van der Waals surface area contributed by atoms with E-state index in [2.05, 4.69) is 231 Å². The Kier molecular flexibility index (Phi) is 8.40. The van der Waals surface area contributed by atoms with Gasteiger partial charge in [-0.25, -0.2) is 19.9 Å². The standard InChI is InChI=1S/C61H38N4/c1-3-21-43(22-4-1)61(44-23-5-2-6-24-44)53-37-41(57-51-27-11-13-31-55(51)63-60(64-57)50-30-16-20-40-18-8-10-26-46(40)50)33-35-47(53)48-36-34-42(38-54(48)61)59-62-56-32-14-12-28-52(56)58(65-59)49-29-15-19-39-17-7-9-25-45(39)49/h1-38H. The quantitative estimate of drug-likeness (QED) is 0.168. The van der Waals surface area contributed by atoms with Gasteiger partial charge in [-0.05, 0) is 79.2 Å². The zero-order valence-electron chi connectivity index (χ0n) is 35.2. The molecule has 0 amide bonds. The van der Waals surface area contributed by atoms with Gasteiger partial charge >= 0.3 is 0 Å². The summed E-state index contributed by atoms with van der Waals surface area (Å²) >= 11 is 0. The first kappa shape index (κ1) is 37.0. The highest BCUT2D eigenvalue weighted by Gasteiger charge is 2.46. The van der Waals surface area contributed by atoms with Crippen LogP contribution in [0, 0.1) is 0 Å². The minimum atomic E-state index is -0.685. The zero-order chi connectivity index (χ0) is 42.9. The van der Waals surface area contributed by atoms with Crippen LogP contribution in [0.4, 0.5) is 0 Å². The molecular formula is C61H38N4. The number of hydrogen-bond donors (Lipinski definition) is 0. The molecule has 13 rings (SSSR count). The summed E-state index contributed by atoms with van der Waals surface area (Å²) in [6.45, 7) is 0. The van der Waals surface area contributed by atoms with E-state index in [0.717, 1.165) is 71.6 Å². The van der Waals surface area contributed by atoms with E-state index in [0.29, 0.717) is 11.6 Å². The Morgan fingerprint density at radius 1 is 0.277 bits per heavy atom. The number of nitrogens with zero attached hydrogens (tertiary/aromatic N) is 4. The van der Waals surface area contributed by atoms with Crippen molar-refractivity contribution in [2.45, 2.75) is 5.41 Å². The van der Waals surface area contributed by atoms with E-state index < -0.39 is 5.41 Å². The van der Waals surface area contributed by atoms with Crippen LogP contribution < -0.4 is 0 Å². The summed E-state index contributed by atoms with van der Waals surface area (Å²) in [5, 5.41) is 6.67. The van der Waals surface area contributed by atoms with Crippen molar-refractivity contribution >= 4 is 43.4 Å². The molecule has 302 valence electrons. The molecule has 0 fully saturated rings. The van der Waals surface area contributed by atoms with Crippen LogP contribution in [0.1, 0.15) is 22.3 Å². The molecule has 0 spiro atoms. The van der Waals surface area contributed by atoms with E-state index in [4.69, 9.17) is 19.9 Å². The van der Waals surface area contributed by atoms with Crippen LogP contribution in [0.15, 0.2) is 231 Å². The molecular weight excluding hydrogens is 789 g/mol. The number of aromatic nitrogens is 4. The maximum atomic E-state index is 5.47. The van der Waals surface area contributed by atoms with Crippen molar-refractivity contribution in [2.24, 2.45) is 0 Å². The van der Waals surface area contributed by atoms with E-state index in [1.165, 1.54) is 38.8 Å². The van der Waals surface area contributed by atoms with Gasteiger partial charge in [0.25, 0.3) is 0 Å². The zero-order valence-corrected chi connectivity index (χ0v) is 35.2. The molecule has 0 N–H and O–H groups in total. The van der Waals surface area contributed by atoms with Gasteiger partial charge in [0, 0.05) is 33.0 Å². The Balaban J connectivity index is 1.06. The number of hydrogen-bond acceptors (Lipinski definition) is 4. The fourth-order valence-corrected chi connectivity index (χ4v) is 10.5. The Labute approximate surface area is 376 Å². The van der Waals surface area contributed by atoms with Crippen molar-refractivity contribution in [1.82, 2.24) is 19.9 Å². The van der Waals surface area contributed by atoms with Gasteiger partial charge in [0.1, 0.15) is 0 Å². The summed E-state index contributed by atoms with van der Waals surface area (Å²) in [6.07, 6.45) is 0. The smallest absolute Gasteiger partial charge is 0.161 e. The van der Waals surface area contributed by atoms with Crippen LogP contribution in [0.5, 0.6) is 0 Å². The first-order chi connectivity index (χ1) is 32.2. The van der Waals surface area contributed by atoms with Crippen LogP contribution >= 0.6 is 0 Å². The van der Waals surface area contributed by atoms with Gasteiger partial charge in [-0.2, -0.15) is 0 Å².